The maximum Gasteiger partial charge on any atom is 0.408 e. The van der Waals surface area contributed by atoms with Crippen molar-refractivity contribution in [2.75, 3.05) is 20.3 Å². The molecule has 0 aliphatic rings. The standard InChI is InChI=1S/C30H31N5O7/c1-41-19-27(36)35(17-26-32-23-9-5-6-10-24(23)33-26)16-20-11-13-22(14-12-20)28(37)31-15-25(29(38)39)34-30(40)42-18-21-7-3-2-4-8-21/h2-14,25H,15-19H2,1H3,(H,31,37)(H,32,33)(H,34,40)(H,38,39). The number of carbonyl (C=O) groups is 4. The van der Waals surface area contributed by atoms with Gasteiger partial charge in [-0.15, -0.1) is 0 Å². The SMILES string of the molecule is COCC(=O)N(Cc1ccc(C(=O)NCC(NC(=O)OCc2ccccc2)C(=O)O)cc1)Cc1nc2ccccc2[nH]1. The highest BCUT2D eigenvalue weighted by atomic mass is 16.5. The van der Waals surface area contributed by atoms with Crippen molar-refractivity contribution in [3.8, 4) is 0 Å². The van der Waals surface area contributed by atoms with Crippen molar-refractivity contribution in [3.05, 3.63) is 101 Å². The smallest absolute Gasteiger partial charge is 0.408 e. The number of carboxylic acids is 1. The summed E-state index contributed by atoms with van der Waals surface area (Å²) in [6, 6.07) is 21.7. The van der Waals surface area contributed by atoms with E-state index in [1.165, 1.54) is 7.11 Å². The molecule has 1 aromatic heterocycles. The number of amides is 3. The lowest BCUT2D eigenvalue weighted by Gasteiger charge is -2.21. The third kappa shape index (κ3) is 8.38. The Morgan fingerprint density at radius 2 is 1.64 bits per heavy atom. The summed E-state index contributed by atoms with van der Waals surface area (Å²) in [7, 11) is 1.45. The number of nitrogens with one attached hydrogen (secondary N) is 3. The Morgan fingerprint density at radius 3 is 2.33 bits per heavy atom. The van der Waals surface area contributed by atoms with Crippen molar-refractivity contribution in [2.45, 2.75) is 25.7 Å². The Morgan fingerprint density at radius 1 is 0.929 bits per heavy atom. The summed E-state index contributed by atoms with van der Waals surface area (Å²) >= 11 is 0. The zero-order valence-corrected chi connectivity index (χ0v) is 22.9. The fraction of sp³-hybridized carbons (Fsp3) is 0.233. The van der Waals surface area contributed by atoms with Crippen LogP contribution >= 0.6 is 0 Å². The molecule has 0 aliphatic carbocycles. The quantitative estimate of drug-likeness (QED) is 0.190. The van der Waals surface area contributed by atoms with Gasteiger partial charge in [0.2, 0.25) is 5.91 Å². The molecule has 3 aromatic carbocycles. The fourth-order valence-electron chi connectivity index (χ4n) is 4.09. The number of H-pyrrole nitrogens is 1. The van der Waals surface area contributed by atoms with Gasteiger partial charge in [0.1, 0.15) is 25.1 Å². The van der Waals surface area contributed by atoms with Crippen LogP contribution in [-0.4, -0.2) is 70.2 Å². The highest BCUT2D eigenvalue weighted by Crippen LogP contribution is 2.15. The van der Waals surface area contributed by atoms with Crippen LogP contribution in [0, 0.1) is 0 Å². The number of imidazole rings is 1. The van der Waals surface area contributed by atoms with Gasteiger partial charge in [0.15, 0.2) is 0 Å². The van der Waals surface area contributed by atoms with Crippen molar-refractivity contribution in [1.82, 2.24) is 25.5 Å². The van der Waals surface area contributed by atoms with E-state index in [4.69, 9.17) is 9.47 Å². The summed E-state index contributed by atoms with van der Waals surface area (Å²) in [5, 5.41) is 14.2. The highest BCUT2D eigenvalue weighted by molar-refractivity contribution is 5.94. The Labute approximate surface area is 241 Å². The number of aromatic nitrogens is 2. The Kier molecular flexibility index (Phi) is 10.2. The average Bonchev–Trinajstić information content (AvgIpc) is 3.41. The molecule has 3 amide bonds. The van der Waals surface area contributed by atoms with Gasteiger partial charge < -0.3 is 35.1 Å². The van der Waals surface area contributed by atoms with Crippen LogP contribution in [-0.2, 0) is 38.8 Å². The van der Waals surface area contributed by atoms with Gasteiger partial charge in [0.25, 0.3) is 5.91 Å². The molecule has 1 heterocycles. The lowest BCUT2D eigenvalue weighted by Crippen LogP contribution is -2.48. The van der Waals surface area contributed by atoms with Gasteiger partial charge in [-0.1, -0.05) is 54.6 Å². The van der Waals surface area contributed by atoms with Gasteiger partial charge in [-0.3, -0.25) is 9.59 Å². The number of rotatable bonds is 13. The van der Waals surface area contributed by atoms with E-state index in [9.17, 15) is 24.3 Å². The first-order chi connectivity index (χ1) is 20.3. The van der Waals surface area contributed by atoms with Crippen molar-refractivity contribution in [1.29, 1.82) is 0 Å². The molecule has 0 aliphatic heterocycles. The normalized spacial score (nSPS) is 11.5. The molecular formula is C30H31N5O7. The first-order valence-corrected chi connectivity index (χ1v) is 13.1. The Balaban J connectivity index is 1.32. The van der Waals surface area contributed by atoms with E-state index in [0.717, 1.165) is 22.2 Å². The summed E-state index contributed by atoms with van der Waals surface area (Å²) in [6.45, 7) is 0.00461. The van der Waals surface area contributed by atoms with E-state index >= 15 is 0 Å². The number of aromatic amines is 1. The van der Waals surface area contributed by atoms with E-state index in [1.807, 2.05) is 30.3 Å². The number of methoxy groups -OCH3 is 1. The molecule has 4 rings (SSSR count). The maximum atomic E-state index is 12.7. The average molecular weight is 574 g/mol. The topological polar surface area (TPSA) is 163 Å². The summed E-state index contributed by atoms with van der Waals surface area (Å²) < 4.78 is 10.1. The first kappa shape index (κ1) is 29.7. The van der Waals surface area contributed by atoms with Crippen molar-refractivity contribution in [2.24, 2.45) is 0 Å². The third-order valence-electron chi connectivity index (χ3n) is 6.26. The molecule has 0 bridgehead atoms. The molecule has 42 heavy (non-hydrogen) atoms. The number of aliphatic carboxylic acids is 1. The highest BCUT2D eigenvalue weighted by Gasteiger charge is 2.22. The Hall–Kier alpha value is -5.23. The maximum absolute atomic E-state index is 12.7. The van der Waals surface area contributed by atoms with Gasteiger partial charge in [0, 0.05) is 25.8 Å². The van der Waals surface area contributed by atoms with Crippen LogP contribution in [0.15, 0.2) is 78.9 Å². The number of hydrogen-bond acceptors (Lipinski definition) is 7. The predicted octanol–water partition coefficient (Wildman–Crippen LogP) is 2.85. The lowest BCUT2D eigenvalue weighted by atomic mass is 10.1. The lowest BCUT2D eigenvalue weighted by molar-refractivity contribution is -0.139. The third-order valence-corrected chi connectivity index (χ3v) is 6.26. The molecule has 1 unspecified atom stereocenters. The molecule has 0 saturated heterocycles. The van der Waals surface area contributed by atoms with Crippen LogP contribution in [0.3, 0.4) is 0 Å². The molecule has 12 nitrogen and oxygen atoms in total. The van der Waals surface area contributed by atoms with Crippen LogP contribution in [0.2, 0.25) is 0 Å². The minimum absolute atomic E-state index is 0.0233. The van der Waals surface area contributed by atoms with E-state index in [2.05, 4.69) is 20.6 Å². The number of hydrogen-bond donors (Lipinski definition) is 4. The van der Waals surface area contributed by atoms with E-state index < -0.39 is 24.0 Å². The molecule has 0 saturated carbocycles. The molecule has 0 spiro atoms. The van der Waals surface area contributed by atoms with Crippen LogP contribution in [0.25, 0.3) is 11.0 Å². The second kappa shape index (κ2) is 14.4. The molecule has 0 fully saturated rings. The summed E-state index contributed by atoms with van der Waals surface area (Å²) in [5.74, 6) is -1.45. The van der Waals surface area contributed by atoms with Gasteiger partial charge in [-0.05, 0) is 35.4 Å². The van der Waals surface area contributed by atoms with E-state index in [0.29, 0.717) is 5.82 Å². The number of fused-ring (bicyclic) bond motifs is 1. The van der Waals surface area contributed by atoms with Crippen molar-refractivity contribution < 1.29 is 33.8 Å². The van der Waals surface area contributed by atoms with Gasteiger partial charge >= 0.3 is 12.1 Å². The van der Waals surface area contributed by atoms with Crippen LogP contribution < -0.4 is 10.6 Å². The zero-order chi connectivity index (χ0) is 29.9. The number of carbonyl (C=O) groups excluding carboxylic acids is 3. The number of alkyl carbamates (subject to hydrolysis) is 1. The van der Waals surface area contributed by atoms with Crippen molar-refractivity contribution in [3.63, 3.8) is 0 Å². The Bertz CT molecular complexity index is 1490. The zero-order valence-electron chi connectivity index (χ0n) is 22.9. The largest absolute Gasteiger partial charge is 0.480 e. The number of benzene rings is 3. The fourth-order valence-corrected chi connectivity index (χ4v) is 4.09. The number of nitrogens with zero attached hydrogens (tertiary/aromatic N) is 2. The second-order valence-electron chi connectivity index (χ2n) is 9.39. The molecule has 1 atom stereocenters. The minimum atomic E-state index is -1.39. The van der Waals surface area contributed by atoms with Gasteiger partial charge in [-0.25, -0.2) is 14.6 Å². The summed E-state index contributed by atoms with van der Waals surface area (Å²) in [5.41, 5.74) is 3.45. The second-order valence-corrected chi connectivity index (χ2v) is 9.39. The van der Waals surface area contributed by atoms with Gasteiger partial charge in [-0.2, -0.15) is 0 Å². The van der Waals surface area contributed by atoms with Crippen LogP contribution in [0.4, 0.5) is 4.79 Å². The number of ether oxygens (including phenoxy) is 2. The van der Waals surface area contributed by atoms with Crippen LogP contribution in [0.1, 0.15) is 27.3 Å². The first-order valence-electron chi connectivity index (χ1n) is 13.1. The predicted molar refractivity (Wildman–Crippen MR) is 152 cm³/mol. The van der Waals surface area contributed by atoms with E-state index in [-0.39, 0.29) is 44.3 Å². The molecule has 0 radical (unpaired) electrons. The molecule has 218 valence electrons. The molecule has 4 N–H and O–H groups in total. The van der Waals surface area contributed by atoms with Gasteiger partial charge in [0.05, 0.1) is 17.6 Å². The van der Waals surface area contributed by atoms with Crippen molar-refractivity contribution >= 4 is 34.9 Å². The minimum Gasteiger partial charge on any atom is -0.480 e. The van der Waals surface area contributed by atoms with E-state index in [1.54, 1.807) is 53.4 Å². The molecule has 4 aromatic rings. The molecular weight excluding hydrogens is 542 g/mol. The summed E-state index contributed by atoms with van der Waals surface area (Å²) in [4.78, 5) is 58.5. The monoisotopic (exact) mass is 573 g/mol. The van der Waals surface area contributed by atoms with Crippen LogP contribution in [0.5, 0.6) is 0 Å². The summed E-state index contributed by atoms with van der Waals surface area (Å²) in [6.07, 6.45) is -0.917. The number of carboxylic acid groups (broad SMARTS) is 1. The molecule has 12 heteroatoms. The number of para-hydroxylation sites is 2.